The molecule has 1 N–H and O–H groups in total. The molecule has 0 radical (unpaired) electrons. The molecule has 1 aromatic rings. The molecule has 0 aromatic heterocycles. The largest absolute Gasteiger partial charge is 0.325 e. The van der Waals surface area contributed by atoms with E-state index in [1.807, 2.05) is 33.8 Å². The highest BCUT2D eigenvalue weighted by Gasteiger charge is 2.17. The van der Waals surface area contributed by atoms with E-state index >= 15 is 0 Å². The van der Waals surface area contributed by atoms with Gasteiger partial charge in [-0.1, -0.05) is 48.3 Å². The molecule has 0 bridgehead atoms. The van der Waals surface area contributed by atoms with Crippen LogP contribution in [0, 0.1) is 12.3 Å². The Hall–Kier alpha value is -0.540. The Morgan fingerprint density at radius 3 is 2.53 bits per heavy atom. The monoisotopic (exact) mass is 317 g/mol. The molecule has 0 atom stereocenters. The molecule has 94 valence electrons. The van der Waals surface area contributed by atoms with Crippen LogP contribution in [-0.4, -0.2) is 5.91 Å². The van der Waals surface area contributed by atoms with E-state index in [9.17, 15) is 4.79 Å². The van der Waals surface area contributed by atoms with Crippen LogP contribution in [-0.2, 0) is 4.79 Å². The molecular formula is C13H17BrClNO. The number of rotatable bonds is 2. The summed E-state index contributed by atoms with van der Waals surface area (Å²) in [5.74, 6) is -0.0133. The van der Waals surface area contributed by atoms with Gasteiger partial charge in [-0.2, -0.15) is 0 Å². The Morgan fingerprint density at radius 1 is 1.41 bits per heavy atom. The molecule has 1 amide bonds. The van der Waals surface area contributed by atoms with Gasteiger partial charge in [0.15, 0.2) is 0 Å². The maximum Gasteiger partial charge on any atom is 0.224 e. The highest BCUT2D eigenvalue weighted by atomic mass is 79.9. The zero-order chi connectivity index (χ0) is 13.2. The SMILES string of the molecule is Cc1c(Br)ccc(Cl)c1NC(=O)CC(C)(C)C. The van der Waals surface area contributed by atoms with Gasteiger partial charge in [-0.3, -0.25) is 4.79 Å². The second-order valence-corrected chi connectivity index (χ2v) is 6.58. The summed E-state index contributed by atoms with van der Waals surface area (Å²) in [5.41, 5.74) is 1.60. The molecule has 0 unspecified atom stereocenters. The number of hydrogen-bond donors (Lipinski definition) is 1. The third-order valence-electron chi connectivity index (χ3n) is 2.30. The summed E-state index contributed by atoms with van der Waals surface area (Å²) < 4.78 is 0.938. The van der Waals surface area contributed by atoms with E-state index in [4.69, 9.17) is 11.6 Å². The van der Waals surface area contributed by atoms with Crippen LogP contribution < -0.4 is 5.32 Å². The van der Waals surface area contributed by atoms with E-state index in [2.05, 4.69) is 21.2 Å². The zero-order valence-corrected chi connectivity index (χ0v) is 12.9. The zero-order valence-electron chi connectivity index (χ0n) is 10.5. The maximum absolute atomic E-state index is 11.9. The first kappa shape index (κ1) is 14.5. The molecule has 0 fully saturated rings. The summed E-state index contributed by atoms with van der Waals surface area (Å²) in [6, 6.07) is 3.64. The molecule has 2 nitrogen and oxygen atoms in total. The summed E-state index contributed by atoms with van der Waals surface area (Å²) in [7, 11) is 0. The van der Waals surface area contributed by atoms with E-state index in [1.54, 1.807) is 6.07 Å². The van der Waals surface area contributed by atoms with Crippen LogP contribution in [0.15, 0.2) is 16.6 Å². The topological polar surface area (TPSA) is 29.1 Å². The van der Waals surface area contributed by atoms with Crippen molar-refractivity contribution in [2.75, 3.05) is 5.32 Å². The van der Waals surface area contributed by atoms with Crippen molar-refractivity contribution in [3.8, 4) is 0 Å². The van der Waals surface area contributed by atoms with Gasteiger partial charge in [0.05, 0.1) is 10.7 Å². The van der Waals surface area contributed by atoms with Crippen molar-refractivity contribution in [1.82, 2.24) is 0 Å². The minimum atomic E-state index is -0.0313. The molecule has 0 spiro atoms. The fourth-order valence-corrected chi connectivity index (χ4v) is 2.05. The Morgan fingerprint density at radius 2 is 2.00 bits per heavy atom. The summed E-state index contributed by atoms with van der Waals surface area (Å²) in [6.45, 7) is 8.01. The summed E-state index contributed by atoms with van der Waals surface area (Å²) >= 11 is 9.50. The number of anilines is 1. The molecule has 0 aliphatic carbocycles. The summed E-state index contributed by atoms with van der Waals surface area (Å²) in [6.07, 6.45) is 0.468. The number of nitrogens with one attached hydrogen (secondary N) is 1. The van der Waals surface area contributed by atoms with Crippen LogP contribution in [0.1, 0.15) is 32.8 Å². The average Bonchev–Trinajstić information content (AvgIpc) is 2.16. The first-order chi connectivity index (χ1) is 7.70. The van der Waals surface area contributed by atoms with E-state index in [0.717, 1.165) is 10.0 Å². The molecular weight excluding hydrogens is 302 g/mol. The molecule has 0 saturated heterocycles. The molecule has 17 heavy (non-hydrogen) atoms. The lowest BCUT2D eigenvalue weighted by Crippen LogP contribution is -2.20. The standard InChI is InChI=1S/C13H17BrClNO/c1-8-9(14)5-6-10(15)12(8)16-11(17)7-13(2,3)4/h5-6H,7H2,1-4H3,(H,16,17). The lowest BCUT2D eigenvalue weighted by atomic mass is 9.92. The van der Waals surface area contributed by atoms with Crippen molar-refractivity contribution >= 4 is 39.1 Å². The number of carbonyl (C=O) groups excluding carboxylic acids is 1. The smallest absolute Gasteiger partial charge is 0.224 e. The first-order valence-corrected chi connectivity index (χ1v) is 6.62. The Bertz CT molecular complexity index is 438. The molecule has 1 aromatic carbocycles. The van der Waals surface area contributed by atoms with Crippen molar-refractivity contribution < 1.29 is 4.79 Å². The maximum atomic E-state index is 11.9. The van der Waals surface area contributed by atoms with Gasteiger partial charge < -0.3 is 5.32 Å². The van der Waals surface area contributed by atoms with Crippen molar-refractivity contribution in [2.24, 2.45) is 5.41 Å². The van der Waals surface area contributed by atoms with Gasteiger partial charge in [0, 0.05) is 10.9 Å². The van der Waals surface area contributed by atoms with Crippen LogP contribution in [0.3, 0.4) is 0 Å². The summed E-state index contributed by atoms with van der Waals surface area (Å²) in [5, 5.41) is 3.44. The fraction of sp³-hybridized carbons (Fsp3) is 0.462. The number of halogens is 2. The van der Waals surface area contributed by atoms with E-state index in [0.29, 0.717) is 17.1 Å². The number of hydrogen-bond acceptors (Lipinski definition) is 1. The van der Waals surface area contributed by atoms with Gasteiger partial charge >= 0.3 is 0 Å². The number of carbonyl (C=O) groups is 1. The molecule has 0 saturated carbocycles. The predicted octanol–water partition coefficient (Wildman–Crippen LogP) is 4.79. The van der Waals surface area contributed by atoms with Crippen LogP contribution in [0.25, 0.3) is 0 Å². The third-order valence-corrected chi connectivity index (χ3v) is 3.48. The van der Waals surface area contributed by atoms with Crippen molar-refractivity contribution in [3.63, 3.8) is 0 Å². The minimum Gasteiger partial charge on any atom is -0.325 e. The van der Waals surface area contributed by atoms with Crippen molar-refractivity contribution in [2.45, 2.75) is 34.1 Å². The summed E-state index contributed by atoms with van der Waals surface area (Å²) in [4.78, 5) is 11.9. The van der Waals surface area contributed by atoms with E-state index < -0.39 is 0 Å². The Kier molecular flexibility index (Phi) is 4.62. The Balaban J connectivity index is 2.89. The van der Waals surface area contributed by atoms with Gasteiger partial charge in [0.1, 0.15) is 0 Å². The molecule has 0 aliphatic rings. The predicted molar refractivity (Wildman–Crippen MR) is 76.6 cm³/mol. The van der Waals surface area contributed by atoms with Crippen LogP contribution in [0.2, 0.25) is 5.02 Å². The van der Waals surface area contributed by atoms with Gasteiger partial charge in [-0.25, -0.2) is 0 Å². The normalized spacial score (nSPS) is 11.4. The third kappa shape index (κ3) is 4.32. The minimum absolute atomic E-state index is 0.0133. The second kappa shape index (κ2) is 5.40. The first-order valence-electron chi connectivity index (χ1n) is 5.45. The molecule has 0 aliphatic heterocycles. The lowest BCUT2D eigenvalue weighted by Gasteiger charge is -2.18. The van der Waals surface area contributed by atoms with Gasteiger partial charge in [0.2, 0.25) is 5.91 Å². The average molecular weight is 319 g/mol. The highest BCUT2D eigenvalue weighted by molar-refractivity contribution is 9.10. The van der Waals surface area contributed by atoms with E-state index in [1.165, 1.54) is 0 Å². The lowest BCUT2D eigenvalue weighted by molar-refractivity contribution is -0.117. The van der Waals surface area contributed by atoms with Gasteiger partial charge in [-0.15, -0.1) is 0 Å². The molecule has 4 heteroatoms. The molecule has 1 rings (SSSR count). The van der Waals surface area contributed by atoms with Crippen molar-refractivity contribution in [1.29, 1.82) is 0 Å². The molecule has 0 heterocycles. The highest BCUT2D eigenvalue weighted by Crippen LogP contribution is 2.32. The van der Waals surface area contributed by atoms with Crippen LogP contribution in [0.4, 0.5) is 5.69 Å². The van der Waals surface area contributed by atoms with Gasteiger partial charge in [-0.05, 0) is 30.0 Å². The number of benzene rings is 1. The van der Waals surface area contributed by atoms with Crippen LogP contribution >= 0.6 is 27.5 Å². The quantitative estimate of drug-likeness (QED) is 0.835. The number of amides is 1. The van der Waals surface area contributed by atoms with Crippen molar-refractivity contribution in [3.05, 3.63) is 27.2 Å². The fourth-order valence-electron chi connectivity index (χ4n) is 1.47. The Labute approximate surface area is 116 Å². The van der Waals surface area contributed by atoms with Gasteiger partial charge in [0.25, 0.3) is 0 Å². The second-order valence-electron chi connectivity index (χ2n) is 5.31. The van der Waals surface area contributed by atoms with E-state index in [-0.39, 0.29) is 11.3 Å². The van der Waals surface area contributed by atoms with Crippen LogP contribution in [0.5, 0.6) is 0 Å².